The summed E-state index contributed by atoms with van der Waals surface area (Å²) in [5.74, 6) is -2.71. The summed E-state index contributed by atoms with van der Waals surface area (Å²) in [4.78, 5) is 32.8. The molecule has 0 spiro atoms. The van der Waals surface area contributed by atoms with Crippen LogP contribution < -0.4 is 10.6 Å². The molecule has 0 saturated carbocycles. The van der Waals surface area contributed by atoms with E-state index in [9.17, 15) is 14.4 Å². The molecule has 0 aliphatic carbocycles. The molecule has 20 heavy (non-hydrogen) atoms. The summed E-state index contributed by atoms with van der Waals surface area (Å²) in [5.41, 5.74) is 1.65. The molecule has 0 aromatic carbocycles. The number of aromatic nitrogens is 2. The summed E-state index contributed by atoms with van der Waals surface area (Å²) in [5, 5.41) is 25.9. The number of hydrogen-bond donors (Lipinski definition) is 4. The standard InChI is InChI=1S/C11H16N4O5/c1-6-7(5-13-15(6)2)4-12-11(20)14-8(10(18)19)3-9(16)17/h5,8H,3-4H2,1-2H3,(H,16,17)(H,18,19)(H2,12,14,20)/t8-/m1/s1. The molecule has 1 aromatic heterocycles. The maximum atomic E-state index is 11.5. The topological polar surface area (TPSA) is 134 Å². The molecule has 110 valence electrons. The largest absolute Gasteiger partial charge is 0.481 e. The van der Waals surface area contributed by atoms with Crippen molar-refractivity contribution in [3.8, 4) is 0 Å². The molecule has 9 heteroatoms. The summed E-state index contributed by atoms with van der Waals surface area (Å²) in [6.07, 6.45) is 0.899. The molecule has 0 saturated heterocycles. The molecule has 9 nitrogen and oxygen atoms in total. The molecule has 0 radical (unpaired) electrons. The SMILES string of the molecule is Cc1c(CNC(=O)N[C@H](CC(=O)O)C(=O)O)cnn1C. The molecule has 0 aliphatic heterocycles. The lowest BCUT2D eigenvalue weighted by Crippen LogP contribution is -2.46. The Labute approximate surface area is 114 Å². The van der Waals surface area contributed by atoms with Crippen molar-refractivity contribution in [3.63, 3.8) is 0 Å². The molecule has 4 N–H and O–H groups in total. The Bertz CT molecular complexity index is 525. The number of carbonyl (C=O) groups excluding carboxylic acids is 1. The fourth-order valence-electron chi connectivity index (χ4n) is 1.48. The van der Waals surface area contributed by atoms with Gasteiger partial charge in [-0.3, -0.25) is 9.48 Å². The number of urea groups is 1. The Morgan fingerprint density at radius 2 is 2.05 bits per heavy atom. The predicted octanol–water partition coefficient (Wildman–Crippen LogP) is -0.544. The minimum atomic E-state index is -1.47. The van der Waals surface area contributed by atoms with Crippen LogP contribution in [0.2, 0.25) is 0 Å². The maximum absolute atomic E-state index is 11.5. The molecular weight excluding hydrogens is 268 g/mol. The Kier molecular flexibility index (Phi) is 5.07. The van der Waals surface area contributed by atoms with E-state index in [4.69, 9.17) is 10.2 Å². The van der Waals surface area contributed by atoms with Gasteiger partial charge in [0.25, 0.3) is 0 Å². The number of amides is 2. The molecule has 0 unspecified atom stereocenters. The van der Waals surface area contributed by atoms with Gasteiger partial charge < -0.3 is 20.8 Å². The highest BCUT2D eigenvalue weighted by Gasteiger charge is 2.22. The lowest BCUT2D eigenvalue weighted by molar-refractivity contribution is -0.145. The van der Waals surface area contributed by atoms with Crippen molar-refractivity contribution in [1.82, 2.24) is 20.4 Å². The van der Waals surface area contributed by atoms with Gasteiger partial charge in [0.2, 0.25) is 0 Å². The van der Waals surface area contributed by atoms with Crippen LogP contribution in [-0.4, -0.2) is 44.0 Å². The van der Waals surface area contributed by atoms with E-state index in [-0.39, 0.29) is 6.54 Å². The Morgan fingerprint density at radius 3 is 2.50 bits per heavy atom. The number of carboxylic acids is 2. The lowest BCUT2D eigenvalue weighted by Gasteiger charge is -2.13. The average Bonchev–Trinajstić information content (AvgIpc) is 2.66. The molecule has 0 fully saturated rings. The number of carbonyl (C=O) groups is 3. The van der Waals surface area contributed by atoms with Crippen LogP contribution in [0.25, 0.3) is 0 Å². The van der Waals surface area contributed by atoms with E-state index in [0.717, 1.165) is 11.3 Å². The molecule has 1 aromatic rings. The Balaban J connectivity index is 2.52. The normalized spacial score (nSPS) is 11.7. The average molecular weight is 284 g/mol. The van der Waals surface area contributed by atoms with Crippen LogP contribution in [0.1, 0.15) is 17.7 Å². The van der Waals surface area contributed by atoms with Gasteiger partial charge in [0.1, 0.15) is 6.04 Å². The molecule has 2 amide bonds. The van der Waals surface area contributed by atoms with Crippen LogP contribution in [-0.2, 0) is 23.2 Å². The van der Waals surface area contributed by atoms with Crippen molar-refractivity contribution < 1.29 is 24.6 Å². The van der Waals surface area contributed by atoms with Gasteiger partial charge in [-0.1, -0.05) is 0 Å². The lowest BCUT2D eigenvalue weighted by atomic mass is 10.2. The number of aliphatic carboxylic acids is 2. The molecule has 1 heterocycles. The minimum absolute atomic E-state index is 0.172. The third-order valence-electron chi connectivity index (χ3n) is 2.76. The van der Waals surface area contributed by atoms with E-state index >= 15 is 0 Å². The molecular formula is C11H16N4O5. The Hall–Kier alpha value is -2.58. The van der Waals surface area contributed by atoms with Crippen LogP contribution in [0.4, 0.5) is 4.79 Å². The van der Waals surface area contributed by atoms with Crippen LogP contribution in [0.3, 0.4) is 0 Å². The zero-order valence-corrected chi connectivity index (χ0v) is 11.1. The van der Waals surface area contributed by atoms with Crippen LogP contribution in [0, 0.1) is 6.92 Å². The monoisotopic (exact) mass is 284 g/mol. The van der Waals surface area contributed by atoms with Crippen molar-refractivity contribution in [3.05, 3.63) is 17.5 Å². The van der Waals surface area contributed by atoms with E-state index in [0.29, 0.717) is 0 Å². The maximum Gasteiger partial charge on any atom is 0.326 e. The smallest absolute Gasteiger partial charge is 0.326 e. The van der Waals surface area contributed by atoms with E-state index in [1.54, 1.807) is 17.9 Å². The third-order valence-corrected chi connectivity index (χ3v) is 2.76. The summed E-state index contributed by atoms with van der Waals surface area (Å²) in [7, 11) is 1.76. The summed E-state index contributed by atoms with van der Waals surface area (Å²) in [6, 6.07) is -2.22. The molecule has 1 atom stereocenters. The predicted molar refractivity (Wildman–Crippen MR) is 67.0 cm³/mol. The van der Waals surface area contributed by atoms with Crippen LogP contribution >= 0.6 is 0 Å². The quantitative estimate of drug-likeness (QED) is 0.554. The van der Waals surface area contributed by atoms with Gasteiger partial charge in [-0.05, 0) is 6.92 Å². The summed E-state index contributed by atoms with van der Waals surface area (Å²) in [6.45, 7) is 2.00. The minimum Gasteiger partial charge on any atom is -0.481 e. The third kappa shape index (κ3) is 4.26. The van der Waals surface area contributed by atoms with Gasteiger partial charge in [0, 0.05) is 24.8 Å². The zero-order valence-electron chi connectivity index (χ0n) is 11.1. The van der Waals surface area contributed by atoms with Gasteiger partial charge in [0.05, 0.1) is 12.6 Å². The highest BCUT2D eigenvalue weighted by atomic mass is 16.4. The van der Waals surface area contributed by atoms with Crippen molar-refractivity contribution in [2.75, 3.05) is 0 Å². The first-order valence-electron chi connectivity index (χ1n) is 5.77. The van der Waals surface area contributed by atoms with E-state index in [1.807, 2.05) is 6.92 Å². The number of nitrogens with zero attached hydrogens (tertiary/aromatic N) is 2. The first-order chi connectivity index (χ1) is 9.31. The molecule has 0 aliphatic rings. The first-order valence-corrected chi connectivity index (χ1v) is 5.77. The van der Waals surface area contributed by atoms with Gasteiger partial charge in [-0.25, -0.2) is 9.59 Å². The van der Waals surface area contributed by atoms with Gasteiger partial charge in [-0.15, -0.1) is 0 Å². The highest BCUT2D eigenvalue weighted by molar-refractivity contribution is 5.86. The van der Waals surface area contributed by atoms with E-state index in [2.05, 4.69) is 15.7 Å². The second kappa shape index (κ2) is 6.55. The number of rotatable bonds is 6. The van der Waals surface area contributed by atoms with Crippen molar-refractivity contribution in [2.45, 2.75) is 25.9 Å². The van der Waals surface area contributed by atoms with Crippen LogP contribution in [0.5, 0.6) is 0 Å². The second-order valence-corrected chi connectivity index (χ2v) is 4.19. The fraction of sp³-hybridized carbons (Fsp3) is 0.455. The summed E-state index contributed by atoms with van der Waals surface area (Å²) < 4.78 is 1.64. The Morgan fingerprint density at radius 1 is 1.40 bits per heavy atom. The first kappa shape index (κ1) is 15.5. The van der Waals surface area contributed by atoms with Gasteiger partial charge in [0.15, 0.2) is 0 Å². The molecule has 1 rings (SSSR count). The van der Waals surface area contributed by atoms with E-state index < -0.39 is 30.4 Å². The summed E-state index contributed by atoms with van der Waals surface area (Å²) >= 11 is 0. The van der Waals surface area contributed by atoms with Gasteiger partial charge in [-0.2, -0.15) is 5.10 Å². The zero-order chi connectivity index (χ0) is 15.3. The van der Waals surface area contributed by atoms with Crippen molar-refractivity contribution >= 4 is 18.0 Å². The van der Waals surface area contributed by atoms with Crippen molar-refractivity contribution in [1.29, 1.82) is 0 Å². The van der Waals surface area contributed by atoms with Gasteiger partial charge >= 0.3 is 18.0 Å². The van der Waals surface area contributed by atoms with E-state index in [1.165, 1.54) is 0 Å². The molecule has 0 bridgehead atoms. The number of hydrogen-bond acceptors (Lipinski definition) is 4. The number of nitrogens with one attached hydrogen (secondary N) is 2. The van der Waals surface area contributed by atoms with Crippen molar-refractivity contribution in [2.24, 2.45) is 7.05 Å². The highest BCUT2D eigenvalue weighted by Crippen LogP contribution is 2.04. The fourth-order valence-corrected chi connectivity index (χ4v) is 1.48. The number of carboxylic acid groups (broad SMARTS) is 2. The second-order valence-electron chi connectivity index (χ2n) is 4.19. The number of aryl methyl sites for hydroxylation is 1. The van der Waals surface area contributed by atoms with Crippen LogP contribution in [0.15, 0.2) is 6.20 Å².